The zero-order chi connectivity index (χ0) is 13.7. The van der Waals surface area contributed by atoms with Crippen LogP contribution in [0.25, 0.3) is 0 Å². The standard InChI is InChI=1S/C16H26N2O/c1-2-14-7-6-10-18(11-14)13-16(19,12-17)15-8-4-3-5-9-15/h3-5,8-9,14,19H,2,6-7,10-13,17H2,1H3. The summed E-state index contributed by atoms with van der Waals surface area (Å²) in [5.41, 5.74) is 5.85. The minimum absolute atomic E-state index is 0.268. The molecule has 0 radical (unpaired) electrons. The first-order chi connectivity index (χ1) is 9.18. The SMILES string of the molecule is CCC1CCCN(CC(O)(CN)c2ccccc2)C1. The normalized spacial score (nSPS) is 24.1. The monoisotopic (exact) mass is 262 g/mol. The van der Waals surface area contributed by atoms with E-state index in [-0.39, 0.29) is 6.54 Å². The summed E-state index contributed by atoms with van der Waals surface area (Å²) >= 11 is 0. The van der Waals surface area contributed by atoms with Crippen molar-refractivity contribution in [1.82, 2.24) is 4.90 Å². The fourth-order valence-corrected chi connectivity index (χ4v) is 3.02. The highest BCUT2D eigenvalue weighted by Crippen LogP contribution is 2.25. The molecule has 3 N–H and O–H groups in total. The Hall–Kier alpha value is -0.900. The number of hydrogen-bond donors (Lipinski definition) is 2. The first kappa shape index (κ1) is 14.5. The second-order valence-electron chi connectivity index (χ2n) is 5.75. The fourth-order valence-electron chi connectivity index (χ4n) is 3.02. The van der Waals surface area contributed by atoms with Crippen molar-refractivity contribution in [3.8, 4) is 0 Å². The molecule has 2 rings (SSSR count). The van der Waals surface area contributed by atoms with E-state index in [2.05, 4.69) is 11.8 Å². The van der Waals surface area contributed by atoms with Gasteiger partial charge in [0.15, 0.2) is 0 Å². The minimum atomic E-state index is -0.920. The van der Waals surface area contributed by atoms with E-state index < -0.39 is 5.60 Å². The van der Waals surface area contributed by atoms with E-state index in [1.165, 1.54) is 19.3 Å². The topological polar surface area (TPSA) is 49.5 Å². The van der Waals surface area contributed by atoms with Crippen LogP contribution in [0.1, 0.15) is 31.7 Å². The van der Waals surface area contributed by atoms with Crippen LogP contribution in [-0.2, 0) is 5.60 Å². The number of benzene rings is 1. The molecule has 0 spiro atoms. The van der Waals surface area contributed by atoms with E-state index in [1.807, 2.05) is 30.3 Å². The highest BCUT2D eigenvalue weighted by Gasteiger charge is 2.31. The molecule has 0 amide bonds. The van der Waals surface area contributed by atoms with Crippen LogP contribution in [0.4, 0.5) is 0 Å². The van der Waals surface area contributed by atoms with Crippen molar-refractivity contribution >= 4 is 0 Å². The van der Waals surface area contributed by atoms with Gasteiger partial charge in [-0.1, -0.05) is 43.7 Å². The summed E-state index contributed by atoms with van der Waals surface area (Å²) in [6.45, 7) is 5.33. The number of rotatable bonds is 5. The lowest BCUT2D eigenvalue weighted by atomic mass is 9.90. The van der Waals surface area contributed by atoms with Gasteiger partial charge >= 0.3 is 0 Å². The van der Waals surface area contributed by atoms with E-state index in [0.29, 0.717) is 6.54 Å². The second kappa shape index (κ2) is 6.51. The third-order valence-electron chi connectivity index (χ3n) is 4.31. The summed E-state index contributed by atoms with van der Waals surface area (Å²) in [5.74, 6) is 0.770. The van der Waals surface area contributed by atoms with Crippen LogP contribution in [0.5, 0.6) is 0 Å². The predicted molar refractivity (Wildman–Crippen MR) is 78.8 cm³/mol. The summed E-state index contributed by atoms with van der Waals surface area (Å²) in [6.07, 6.45) is 3.77. The van der Waals surface area contributed by atoms with Crippen LogP contribution >= 0.6 is 0 Å². The van der Waals surface area contributed by atoms with E-state index >= 15 is 0 Å². The van der Waals surface area contributed by atoms with Gasteiger partial charge < -0.3 is 10.8 Å². The molecule has 2 unspecified atom stereocenters. The highest BCUT2D eigenvalue weighted by molar-refractivity contribution is 5.23. The van der Waals surface area contributed by atoms with E-state index in [0.717, 1.165) is 24.6 Å². The van der Waals surface area contributed by atoms with Crippen LogP contribution in [0, 0.1) is 5.92 Å². The van der Waals surface area contributed by atoms with Gasteiger partial charge in [-0.05, 0) is 30.9 Å². The third-order valence-corrected chi connectivity index (χ3v) is 4.31. The Balaban J connectivity index is 2.06. The summed E-state index contributed by atoms with van der Waals surface area (Å²) in [4.78, 5) is 2.37. The van der Waals surface area contributed by atoms with Crippen LogP contribution in [0.2, 0.25) is 0 Å². The van der Waals surface area contributed by atoms with Gasteiger partial charge in [-0.3, -0.25) is 4.90 Å². The summed E-state index contributed by atoms with van der Waals surface area (Å²) in [5, 5.41) is 10.8. The Morgan fingerprint density at radius 2 is 2.11 bits per heavy atom. The van der Waals surface area contributed by atoms with Gasteiger partial charge in [-0.25, -0.2) is 0 Å². The van der Waals surface area contributed by atoms with Crippen molar-refractivity contribution in [1.29, 1.82) is 0 Å². The number of hydrogen-bond acceptors (Lipinski definition) is 3. The molecule has 2 atom stereocenters. The zero-order valence-corrected chi connectivity index (χ0v) is 11.9. The molecule has 106 valence electrons. The second-order valence-corrected chi connectivity index (χ2v) is 5.75. The van der Waals surface area contributed by atoms with Crippen molar-refractivity contribution in [2.45, 2.75) is 31.8 Å². The van der Waals surface area contributed by atoms with E-state index in [4.69, 9.17) is 5.73 Å². The van der Waals surface area contributed by atoms with Crippen molar-refractivity contribution in [2.24, 2.45) is 11.7 Å². The molecule has 3 nitrogen and oxygen atoms in total. The molecule has 19 heavy (non-hydrogen) atoms. The molecular weight excluding hydrogens is 236 g/mol. The molecule has 1 aromatic carbocycles. The summed E-state index contributed by atoms with van der Waals surface area (Å²) in [6, 6.07) is 9.82. The molecule has 1 fully saturated rings. The van der Waals surface area contributed by atoms with Crippen molar-refractivity contribution < 1.29 is 5.11 Å². The van der Waals surface area contributed by atoms with Gasteiger partial charge in [0.2, 0.25) is 0 Å². The number of β-amino-alcohol motifs (C(OH)–C–C–N with tert-alkyl or cyclic N) is 1. The Morgan fingerprint density at radius 3 is 2.74 bits per heavy atom. The summed E-state index contributed by atoms with van der Waals surface area (Å²) in [7, 11) is 0. The quantitative estimate of drug-likeness (QED) is 0.853. The lowest BCUT2D eigenvalue weighted by Crippen LogP contribution is -2.48. The molecule has 0 saturated carbocycles. The minimum Gasteiger partial charge on any atom is -0.382 e. The molecule has 1 saturated heterocycles. The Morgan fingerprint density at radius 1 is 1.37 bits per heavy atom. The molecule has 1 aliphatic rings. The zero-order valence-electron chi connectivity index (χ0n) is 11.9. The molecule has 0 aromatic heterocycles. The molecule has 0 bridgehead atoms. The van der Waals surface area contributed by atoms with Crippen LogP contribution in [-0.4, -0.2) is 36.2 Å². The van der Waals surface area contributed by atoms with Crippen LogP contribution in [0.15, 0.2) is 30.3 Å². The fraction of sp³-hybridized carbons (Fsp3) is 0.625. The molecule has 1 aliphatic heterocycles. The number of likely N-dealkylation sites (tertiary alicyclic amines) is 1. The van der Waals surface area contributed by atoms with Crippen molar-refractivity contribution in [2.75, 3.05) is 26.2 Å². The van der Waals surface area contributed by atoms with Gasteiger partial charge in [-0.15, -0.1) is 0 Å². The molecule has 1 aromatic rings. The largest absolute Gasteiger partial charge is 0.382 e. The van der Waals surface area contributed by atoms with E-state index in [1.54, 1.807) is 0 Å². The summed E-state index contributed by atoms with van der Waals surface area (Å²) < 4.78 is 0. The Kier molecular flexibility index (Phi) is 4.97. The molecular formula is C16H26N2O. The average molecular weight is 262 g/mol. The lowest BCUT2D eigenvalue weighted by molar-refractivity contribution is -0.00507. The smallest absolute Gasteiger partial charge is 0.114 e. The maximum absolute atomic E-state index is 10.8. The maximum atomic E-state index is 10.8. The Bertz CT molecular complexity index is 382. The van der Waals surface area contributed by atoms with Gasteiger partial charge in [-0.2, -0.15) is 0 Å². The van der Waals surface area contributed by atoms with Gasteiger partial charge in [0.25, 0.3) is 0 Å². The first-order valence-electron chi connectivity index (χ1n) is 7.38. The molecule has 3 heteroatoms. The predicted octanol–water partition coefficient (Wildman–Crippen LogP) is 1.95. The van der Waals surface area contributed by atoms with Crippen LogP contribution < -0.4 is 5.73 Å². The maximum Gasteiger partial charge on any atom is 0.114 e. The van der Waals surface area contributed by atoms with Gasteiger partial charge in [0.05, 0.1) is 0 Å². The number of piperidine rings is 1. The third kappa shape index (κ3) is 3.56. The van der Waals surface area contributed by atoms with Gasteiger partial charge in [0.1, 0.15) is 5.60 Å². The first-order valence-corrected chi connectivity index (χ1v) is 7.38. The van der Waals surface area contributed by atoms with E-state index in [9.17, 15) is 5.11 Å². The average Bonchev–Trinajstić information content (AvgIpc) is 2.48. The Labute approximate surface area is 116 Å². The van der Waals surface area contributed by atoms with Crippen LogP contribution in [0.3, 0.4) is 0 Å². The highest BCUT2D eigenvalue weighted by atomic mass is 16.3. The van der Waals surface area contributed by atoms with Gasteiger partial charge in [0, 0.05) is 19.6 Å². The number of nitrogens with zero attached hydrogens (tertiary/aromatic N) is 1. The van der Waals surface area contributed by atoms with Crippen molar-refractivity contribution in [3.05, 3.63) is 35.9 Å². The number of nitrogens with two attached hydrogens (primary N) is 1. The molecule has 1 heterocycles. The lowest BCUT2D eigenvalue weighted by Gasteiger charge is -2.38. The number of aliphatic hydroxyl groups is 1. The van der Waals surface area contributed by atoms with Crippen molar-refractivity contribution in [3.63, 3.8) is 0 Å². The molecule has 0 aliphatic carbocycles.